The lowest BCUT2D eigenvalue weighted by atomic mass is 10.2. The monoisotopic (exact) mass is 355 g/mol. The van der Waals surface area contributed by atoms with Crippen LogP contribution in [-0.4, -0.2) is 32.2 Å². The molecule has 0 saturated heterocycles. The number of carbonyl (C=O) groups excluding carboxylic acids is 2. The van der Waals surface area contributed by atoms with E-state index in [4.69, 9.17) is 9.47 Å². The standard InChI is InChI=1S/C19H21N3O4/c1-4-18(23)21-15-8-5-13(6-9-15)19(24)22-20-12-14-7-10-16(25-2)11-17(14)26-3/h5-12H,4H2,1-3H3,(H,21,23)(H,22,24)/b20-12-. The highest BCUT2D eigenvalue weighted by atomic mass is 16.5. The summed E-state index contributed by atoms with van der Waals surface area (Å²) in [5, 5.41) is 6.67. The van der Waals surface area contributed by atoms with Crippen molar-refractivity contribution < 1.29 is 19.1 Å². The van der Waals surface area contributed by atoms with Gasteiger partial charge in [0.05, 0.1) is 20.4 Å². The number of anilines is 1. The molecule has 26 heavy (non-hydrogen) atoms. The van der Waals surface area contributed by atoms with Crippen LogP contribution in [0.4, 0.5) is 5.69 Å². The van der Waals surface area contributed by atoms with Crippen LogP contribution in [0.15, 0.2) is 47.6 Å². The van der Waals surface area contributed by atoms with Crippen molar-refractivity contribution in [1.29, 1.82) is 0 Å². The summed E-state index contributed by atoms with van der Waals surface area (Å²) in [5.41, 5.74) is 4.22. The molecule has 2 rings (SSSR count). The van der Waals surface area contributed by atoms with Gasteiger partial charge in [-0.2, -0.15) is 5.10 Å². The molecule has 136 valence electrons. The predicted octanol–water partition coefficient (Wildman–Crippen LogP) is 2.82. The van der Waals surface area contributed by atoms with Crippen LogP contribution in [0, 0.1) is 0 Å². The van der Waals surface area contributed by atoms with Crippen molar-refractivity contribution in [3.8, 4) is 11.5 Å². The summed E-state index contributed by atoms with van der Waals surface area (Å²) < 4.78 is 10.4. The highest BCUT2D eigenvalue weighted by molar-refractivity contribution is 5.96. The number of hydrogen-bond donors (Lipinski definition) is 2. The minimum atomic E-state index is -0.359. The highest BCUT2D eigenvalue weighted by Gasteiger charge is 2.06. The van der Waals surface area contributed by atoms with Gasteiger partial charge in [0.1, 0.15) is 11.5 Å². The molecule has 0 aliphatic rings. The van der Waals surface area contributed by atoms with E-state index in [1.165, 1.54) is 6.21 Å². The van der Waals surface area contributed by atoms with Crippen LogP contribution in [0.5, 0.6) is 11.5 Å². The molecule has 2 N–H and O–H groups in total. The van der Waals surface area contributed by atoms with Crippen LogP contribution < -0.4 is 20.2 Å². The van der Waals surface area contributed by atoms with Gasteiger partial charge in [0, 0.05) is 29.3 Å². The predicted molar refractivity (Wildman–Crippen MR) is 100.0 cm³/mol. The lowest BCUT2D eigenvalue weighted by Gasteiger charge is -2.07. The molecule has 0 bridgehead atoms. The third-order valence-electron chi connectivity index (χ3n) is 3.56. The van der Waals surface area contributed by atoms with Gasteiger partial charge in [-0.05, 0) is 36.4 Å². The van der Waals surface area contributed by atoms with E-state index in [0.717, 1.165) is 0 Å². The quantitative estimate of drug-likeness (QED) is 0.590. The first-order valence-corrected chi connectivity index (χ1v) is 8.02. The van der Waals surface area contributed by atoms with Crippen molar-refractivity contribution in [2.24, 2.45) is 5.10 Å². The second kappa shape index (κ2) is 9.22. The number of ether oxygens (including phenoxy) is 2. The average Bonchev–Trinajstić information content (AvgIpc) is 2.68. The first-order valence-electron chi connectivity index (χ1n) is 8.02. The van der Waals surface area contributed by atoms with E-state index in [-0.39, 0.29) is 11.8 Å². The Hall–Kier alpha value is -3.35. The van der Waals surface area contributed by atoms with Crippen LogP contribution in [0.25, 0.3) is 0 Å². The third-order valence-corrected chi connectivity index (χ3v) is 3.56. The van der Waals surface area contributed by atoms with Crippen molar-refractivity contribution >= 4 is 23.7 Å². The van der Waals surface area contributed by atoms with Gasteiger partial charge in [0.2, 0.25) is 5.91 Å². The number of carbonyl (C=O) groups is 2. The number of benzene rings is 2. The zero-order valence-electron chi connectivity index (χ0n) is 14.9. The van der Waals surface area contributed by atoms with Crippen molar-refractivity contribution in [3.63, 3.8) is 0 Å². The molecule has 0 aliphatic carbocycles. The largest absolute Gasteiger partial charge is 0.497 e. The van der Waals surface area contributed by atoms with Crippen LogP contribution in [0.2, 0.25) is 0 Å². The van der Waals surface area contributed by atoms with Gasteiger partial charge in [0.25, 0.3) is 5.91 Å². The van der Waals surface area contributed by atoms with Gasteiger partial charge >= 0.3 is 0 Å². The van der Waals surface area contributed by atoms with Crippen LogP contribution in [0.3, 0.4) is 0 Å². The average molecular weight is 355 g/mol. The smallest absolute Gasteiger partial charge is 0.271 e. The fourth-order valence-corrected chi connectivity index (χ4v) is 2.10. The zero-order chi connectivity index (χ0) is 18.9. The molecule has 0 spiro atoms. The molecule has 2 aromatic carbocycles. The molecule has 0 fully saturated rings. The van der Waals surface area contributed by atoms with Crippen LogP contribution in [-0.2, 0) is 4.79 Å². The molecular weight excluding hydrogens is 334 g/mol. The van der Waals surface area contributed by atoms with E-state index in [1.807, 2.05) is 0 Å². The highest BCUT2D eigenvalue weighted by Crippen LogP contribution is 2.23. The van der Waals surface area contributed by atoms with Crippen molar-refractivity contribution in [3.05, 3.63) is 53.6 Å². The summed E-state index contributed by atoms with van der Waals surface area (Å²) in [5.74, 6) is 0.805. The van der Waals surface area contributed by atoms with Gasteiger partial charge in [0.15, 0.2) is 0 Å². The Morgan fingerprint density at radius 3 is 2.42 bits per heavy atom. The molecule has 0 heterocycles. The van der Waals surface area contributed by atoms with Crippen LogP contribution in [0.1, 0.15) is 29.3 Å². The number of nitrogens with one attached hydrogen (secondary N) is 2. The summed E-state index contributed by atoms with van der Waals surface area (Å²) in [7, 11) is 3.12. The molecule has 2 aromatic rings. The van der Waals surface area contributed by atoms with Crippen molar-refractivity contribution in [2.45, 2.75) is 13.3 Å². The van der Waals surface area contributed by atoms with Gasteiger partial charge in [-0.15, -0.1) is 0 Å². The zero-order valence-corrected chi connectivity index (χ0v) is 14.9. The fraction of sp³-hybridized carbons (Fsp3) is 0.211. The Balaban J connectivity index is 2.00. The molecule has 0 saturated carbocycles. The number of rotatable bonds is 7. The minimum Gasteiger partial charge on any atom is -0.497 e. The lowest BCUT2D eigenvalue weighted by molar-refractivity contribution is -0.115. The molecular formula is C19H21N3O4. The number of methoxy groups -OCH3 is 2. The van der Waals surface area contributed by atoms with Gasteiger partial charge in [-0.1, -0.05) is 6.92 Å². The van der Waals surface area contributed by atoms with Gasteiger partial charge < -0.3 is 14.8 Å². The minimum absolute atomic E-state index is 0.0831. The Morgan fingerprint density at radius 1 is 1.08 bits per heavy atom. The number of nitrogens with zero attached hydrogens (tertiary/aromatic N) is 1. The summed E-state index contributed by atoms with van der Waals surface area (Å²) in [6.45, 7) is 1.77. The Morgan fingerprint density at radius 2 is 1.81 bits per heavy atom. The molecule has 7 nitrogen and oxygen atoms in total. The van der Waals surface area contributed by atoms with Crippen molar-refractivity contribution in [1.82, 2.24) is 5.43 Å². The summed E-state index contributed by atoms with van der Waals surface area (Å²) >= 11 is 0. The van der Waals surface area contributed by atoms with E-state index < -0.39 is 0 Å². The molecule has 2 amide bonds. The van der Waals surface area contributed by atoms with Gasteiger partial charge in [-0.3, -0.25) is 9.59 Å². The molecule has 0 aliphatic heterocycles. The van der Waals surface area contributed by atoms with Gasteiger partial charge in [-0.25, -0.2) is 5.43 Å². The topological polar surface area (TPSA) is 89.0 Å². The second-order valence-electron chi connectivity index (χ2n) is 5.29. The third kappa shape index (κ3) is 5.07. The first kappa shape index (κ1) is 19.0. The van der Waals surface area contributed by atoms with E-state index in [0.29, 0.717) is 34.7 Å². The van der Waals surface area contributed by atoms with Crippen molar-refractivity contribution in [2.75, 3.05) is 19.5 Å². The molecule has 7 heteroatoms. The normalized spacial score (nSPS) is 10.4. The molecule has 0 radical (unpaired) electrons. The SMILES string of the molecule is CCC(=O)Nc1ccc(C(=O)N/N=C\c2ccc(OC)cc2OC)cc1. The van der Waals surface area contributed by atoms with Crippen LogP contribution >= 0.6 is 0 Å². The molecule has 0 aromatic heterocycles. The van der Waals surface area contributed by atoms with E-state index in [1.54, 1.807) is 63.6 Å². The number of amides is 2. The maximum absolute atomic E-state index is 12.1. The summed E-state index contributed by atoms with van der Waals surface area (Å²) in [6.07, 6.45) is 1.89. The first-order chi connectivity index (χ1) is 12.6. The number of hydrazone groups is 1. The maximum atomic E-state index is 12.1. The fourth-order valence-electron chi connectivity index (χ4n) is 2.10. The number of hydrogen-bond acceptors (Lipinski definition) is 5. The van der Waals surface area contributed by atoms with E-state index >= 15 is 0 Å². The second-order valence-corrected chi connectivity index (χ2v) is 5.29. The summed E-state index contributed by atoms with van der Waals surface area (Å²) in [4.78, 5) is 23.5. The summed E-state index contributed by atoms with van der Waals surface area (Å²) in [6, 6.07) is 11.8. The van der Waals surface area contributed by atoms with E-state index in [9.17, 15) is 9.59 Å². The lowest BCUT2D eigenvalue weighted by Crippen LogP contribution is -2.17. The Labute approximate surface area is 152 Å². The van der Waals surface area contributed by atoms with E-state index in [2.05, 4.69) is 15.8 Å². The molecule has 0 atom stereocenters. The maximum Gasteiger partial charge on any atom is 0.271 e. The Bertz CT molecular complexity index is 801. The Kier molecular flexibility index (Phi) is 6.73. The molecule has 0 unspecified atom stereocenters.